The summed E-state index contributed by atoms with van der Waals surface area (Å²) < 4.78 is 35.9. The van der Waals surface area contributed by atoms with E-state index in [1.807, 2.05) is 54.6 Å². The zero-order valence-electron chi connectivity index (χ0n) is 31.7. The summed E-state index contributed by atoms with van der Waals surface area (Å²) in [6.45, 7) is 1.48. The molecule has 8 aromatic rings. The Kier molecular flexibility index (Phi) is 10.4. The Bertz CT molecular complexity index is 2910. The minimum absolute atomic E-state index is 0.213. The number of nitrogens with one attached hydrogen (secondary N) is 1. The van der Waals surface area contributed by atoms with Crippen LogP contribution in [0.3, 0.4) is 0 Å². The smallest absolute Gasteiger partial charge is 0.261 e. The first-order valence-electron chi connectivity index (χ1n) is 18.1. The number of benzene rings is 4. The van der Waals surface area contributed by atoms with Gasteiger partial charge in [-0.25, -0.2) is 9.97 Å². The molecular weight excluding hydrogens is 729 g/mol. The number of fused-ring (bicyclic) bond motifs is 4. The molecule has 0 fully saturated rings. The van der Waals surface area contributed by atoms with E-state index in [1.165, 1.54) is 18.8 Å². The summed E-state index contributed by atoms with van der Waals surface area (Å²) in [5, 5.41) is 2.58. The molecule has 0 aliphatic carbocycles. The molecule has 0 aliphatic heterocycles. The van der Waals surface area contributed by atoms with Crippen molar-refractivity contribution in [2.45, 2.75) is 6.61 Å². The van der Waals surface area contributed by atoms with Crippen LogP contribution in [-0.4, -0.2) is 77.2 Å². The molecule has 14 nitrogen and oxygen atoms in total. The third-order valence-corrected chi connectivity index (χ3v) is 9.54. The second kappa shape index (κ2) is 16.1. The van der Waals surface area contributed by atoms with Crippen molar-refractivity contribution in [3.63, 3.8) is 0 Å². The van der Waals surface area contributed by atoms with Crippen molar-refractivity contribution in [2.24, 2.45) is 7.05 Å². The van der Waals surface area contributed by atoms with Crippen molar-refractivity contribution in [2.75, 3.05) is 47.8 Å². The van der Waals surface area contributed by atoms with Crippen LogP contribution in [0.1, 0.15) is 5.56 Å². The summed E-state index contributed by atoms with van der Waals surface area (Å²) in [6, 6.07) is 24.0. The van der Waals surface area contributed by atoms with Gasteiger partial charge in [0.05, 0.1) is 55.8 Å². The lowest BCUT2D eigenvalue weighted by atomic mass is 10.1. The summed E-state index contributed by atoms with van der Waals surface area (Å²) in [7, 11) is 6.33. The van der Waals surface area contributed by atoms with Crippen molar-refractivity contribution >= 4 is 43.6 Å². The molecular formula is C43H38N6O8. The number of H-pyrrole nitrogens is 1. The molecule has 0 atom stereocenters. The largest absolute Gasteiger partial charge is 0.491 e. The minimum Gasteiger partial charge on any atom is -0.491 e. The van der Waals surface area contributed by atoms with Gasteiger partial charge in [0.2, 0.25) is 0 Å². The summed E-state index contributed by atoms with van der Waals surface area (Å²) in [6.07, 6.45) is 3.50. The average molecular weight is 767 g/mol. The van der Waals surface area contributed by atoms with Crippen LogP contribution in [0.4, 0.5) is 0 Å². The van der Waals surface area contributed by atoms with Gasteiger partial charge in [0.25, 0.3) is 11.1 Å². The highest BCUT2D eigenvalue weighted by molar-refractivity contribution is 5.90. The van der Waals surface area contributed by atoms with Crippen molar-refractivity contribution in [3.05, 3.63) is 118 Å². The lowest BCUT2D eigenvalue weighted by Crippen LogP contribution is -2.20. The van der Waals surface area contributed by atoms with E-state index in [4.69, 9.17) is 38.4 Å². The number of hydrogen-bond donors (Lipinski definition) is 1. The highest BCUT2D eigenvalue weighted by Gasteiger charge is 2.19. The summed E-state index contributed by atoms with van der Waals surface area (Å²) in [4.78, 5) is 48.1. The first kappa shape index (κ1) is 37.0. The number of methoxy groups -OCH3 is 3. The third kappa shape index (κ3) is 7.31. The van der Waals surface area contributed by atoms with Gasteiger partial charge in [-0.1, -0.05) is 6.07 Å². The van der Waals surface area contributed by atoms with E-state index in [0.29, 0.717) is 69.7 Å². The Labute approximate surface area is 325 Å². The van der Waals surface area contributed by atoms with Crippen LogP contribution in [0.2, 0.25) is 0 Å². The molecule has 0 bridgehead atoms. The molecule has 0 radical (unpaired) electrons. The number of rotatable bonds is 14. The predicted octanol–water partition coefficient (Wildman–Crippen LogP) is 6.24. The van der Waals surface area contributed by atoms with Gasteiger partial charge in [-0.2, -0.15) is 0 Å². The van der Waals surface area contributed by atoms with E-state index in [9.17, 15) is 9.59 Å². The van der Waals surface area contributed by atoms with Gasteiger partial charge in [-0.05, 0) is 78.4 Å². The normalized spacial score (nSPS) is 11.4. The zero-order valence-corrected chi connectivity index (χ0v) is 31.7. The molecule has 4 heterocycles. The van der Waals surface area contributed by atoms with Crippen LogP contribution in [-0.2, 0) is 23.1 Å². The Morgan fingerprint density at radius 3 is 2.12 bits per heavy atom. The Balaban J connectivity index is 0.973. The monoisotopic (exact) mass is 766 g/mol. The summed E-state index contributed by atoms with van der Waals surface area (Å²) >= 11 is 0. The summed E-state index contributed by atoms with van der Waals surface area (Å²) in [5.74, 6) is 2.51. The Hall–Kier alpha value is -6.90. The van der Waals surface area contributed by atoms with Gasteiger partial charge >= 0.3 is 0 Å². The van der Waals surface area contributed by atoms with Crippen molar-refractivity contribution in [3.8, 4) is 45.8 Å². The van der Waals surface area contributed by atoms with E-state index in [0.717, 1.165) is 38.5 Å². The van der Waals surface area contributed by atoms with Crippen LogP contribution in [0.5, 0.6) is 23.0 Å². The van der Waals surface area contributed by atoms with Crippen molar-refractivity contribution < 1.29 is 28.4 Å². The van der Waals surface area contributed by atoms with Crippen LogP contribution in [0.15, 0.2) is 101 Å². The number of aromatic amines is 1. The van der Waals surface area contributed by atoms with Gasteiger partial charge in [0.1, 0.15) is 35.9 Å². The van der Waals surface area contributed by atoms with E-state index < -0.39 is 0 Å². The molecule has 1 N–H and O–H groups in total. The number of pyridine rings is 2. The van der Waals surface area contributed by atoms with E-state index in [2.05, 4.69) is 15.0 Å². The standard InChI is InChI=1S/C43H38N6O8/c1-49-41(47-37-31(43(49)51)10-14-35(39(37)54-4)56-18-16-52-2)28-8-12-33-29(22-28)20-25(23-45-33)24-55-17-19-57-34-13-9-30-36(38(34)53-3)46-40(48-42(30)50)27-7-11-32-26(21-27)6-5-15-44-32/h5-15,20-23H,16-19,24H2,1-4H3,(H,46,48,50). The lowest BCUT2D eigenvalue weighted by Gasteiger charge is -2.15. The number of hydrogen-bond acceptors (Lipinski definition) is 12. The van der Waals surface area contributed by atoms with Crippen molar-refractivity contribution in [1.82, 2.24) is 29.5 Å². The first-order valence-corrected chi connectivity index (χ1v) is 18.1. The van der Waals surface area contributed by atoms with Crippen LogP contribution < -0.4 is 30.1 Å². The molecule has 0 aliphatic rings. The van der Waals surface area contributed by atoms with E-state index in [1.54, 1.807) is 50.8 Å². The third-order valence-electron chi connectivity index (χ3n) is 9.54. The van der Waals surface area contributed by atoms with E-state index >= 15 is 0 Å². The topological polar surface area (TPSA) is 162 Å². The van der Waals surface area contributed by atoms with E-state index in [-0.39, 0.29) is 30.9 Å². The SMILES string of the molecule is COCCOc1ccc2c(=O)n(C)c(-c3ccc4ncc(COCCOc5ccc6c(=O)[nH]c(-c7ccc8ncccc8c7)nc6c5OC)cc4c3)nc2c1OC. The van der Waals surface area contributed by atoms with Crippen LogP contribution in [0.25, 0.3) is 66.4 Å². The molecule has 0 saturated carbocycles. The lowest BCUT2D eigenvalue weighted by molar-refractivity contribution is 0.0879. The quantitative estimate of drug-likeness (QED) is 0.124. The molecule has 0 amide bonds. The Morgan fingerprint density at radius 1 is 0.684 bits per heavy atom. The predicted molar refractivity (Wildman–Crippen MR) is 216 cm³/mol. The molecule has 14 heteroatoms. The maximum Gasteiger partial charge on any atom is 0.261 e. The highest BCUT2D eigenvalue weighted by atomic mass is 16.5. The van der Waals surface area contributed by atoms with Crippen LogP contribution >= 0.6 is 0 Å². The maximum absolute atomic E-state index is 13.5. The molecule has 0 saturated heterocycles. The average Bonchev–Trinajstić information content (AvgIpc) is 3.24. The van der Waals surface area contributed by atoms with Gasteiger partial charge in [-0.15, -0.1) is 0 Å². The molecule has 0 unspecified atom stereocenters. The van der Waals surface area contributed by atoms with Gasteiger partial charge in [0, 0.05) is 48.5 Å². The molecule has 0 spiro atoms. The molecule has 57 heavy (non-hydrogen) atoms. The van der Waals surface area contributed by atoms with Gasteiger partial charge in [0.15, 0.2) is 23.0 Å². The molecule has 288 valence electrons. The number of ether oxygens (including phenoxy) is 6. The van der Waals surface area contributed by atoms with Gasteiger partial charge in [-0.3, -0.25) is 24.1 Å². The molecule has 4 aromatic heterocycles. The van der Waals surface area contributed by atoms with Crippen molar-refractivity contribution in [1.29, 1.82) is 0 Å². The summed E-state index contributed by atoms with van der Waals surface area (Å²) in [5.41, 5.74) is 4.23. The highest BCUT2D eigenvalue weighted by Crippen LogP contribution is 2.36. The fourth-order valence-electron chi connectivity index (χ4n) is 6.73. The maximum atomic E-state index is 13.5. The Morgan fingerprint density at radius 2 is 1.37 bits per heavy atom. The second-order valence-electron chi connectivity index (χ2n) is 13.1. The number of nitrogens with zero attached hydrogens (tertiary/aromatic N) is 5. The first-order chi connectivity index (χ1) is 27.9. The molecule has 4 aromatic carbocycles. The zero-order chi connectivity index (χ0) is 39.5. The minimum atomic E-state index is -0.290. The second-order valence-corrected chi connectivity index (χ2v) is 13.1. The fraction of sp³-hybridized carbons (Fsp3) is 0.209. The fourth-order valence-corrected chi connectivity index (χ4v) is 6.73. The molecule has 8 rings (SSSR count). The van der Waals surface area contributed by atoms with Gasteiger partial charge < -0.3 is 33.4 Å². The van der Waals surface area contributed by atoms with Crippen LogP contribution in [0, 0.1) is 0 Å². The number of aromatic nitrogens is 6.